The lowest BCUT2D eigenvalue weighted by Gasteiger charge is -2.50. The third-order valence-corrected chi connectivity index (χ3v) is 9.16. The van der Waals surface area contributed by atoms with Crippen molar-refractivity contribution in [1.82, 2.24) is 20.0 Å². The van der Waals surface area contributed by atoms with Crippen LogP contribution in [0.15, 0.2) is 53.7 Å². The maximum Gasteiger partial charge on any atom is 0.341 e. The van der Waals surface area contributed by atoms with Crippen LogP contribution in [0.1, 0.15) is 48.8 Å². The largest absolute Gasteiger partial charge is 0.482 e. The van der Waals surface area contributed by atoms with Crippen molar-refractivity contribution in [3.05, 3.63) is 76.5 Å². The number of carbonyl (C=O) groups is 4. The summed E-state index contributed by atoms with van der Waals surface area (Å²) in [6, 6.07) is 7.52. The molecule has 0 unspecified atom stereocenters. The van der Waals surface area contributed by atoms with Gasteiger partial charge in [-0.15, -0.1) is 0 Å². The Bertz CT molecular complexity index is 1550. The Balaban J connectivity index is 1.27. The van der Waals surface area contributed by atoms with E-state index in [2.05, 4.69) is 10.2 Å². The van der Waals surface area contributed by atoms with E-state index in [1.807, 2.05) is 18.2 Å². The highest BCUT2D eigenvalue weighted by molar-refractivity contribution is 6.01. The Morgan fingerprint density at radius 1 is 1.02 bits per heavy atom. The third kappa shape index (κ3) is 7.08. The van der Waals surface area contributed by atoms with Gasteiger partial charge in [-0.2, -0.15) is 0 Å². The summed E-state index contributed by atoms with van der Waals surface area (Å²) in [4.78, 5) is 55.9. The maximum atomic E-state index is 14.4. The van der Waals surface area contributed by atoms with Gasteiger partial charge in [-0.05, 0) is 60.9 Å². The molecule has 5 rings (SSSR count). The van der Waals surface area contributed by atoms with E-state index >= 15 is 0 Å². The summed E-state index contributed by atoms with van der Waals surface area (Å²) in [6.07, 6.45) is 3.60. The normalized spacial score (nSPS) is 21.9. The number of imide groups is 1. The topological polar surface area (TPSA) is 138 Å². The van der Waals surface area contributed by atoms with Crippen molar-refractivity contribution in [2.45, 2.75) is 49.7 Å². The van der Waals surface area contributed by atoms with Crippen molar-refractivity contribution in [3.8, 4) is 5.75 Å². The molecule has 2 fully saturated rings. The van der Waals surface area contributed by atoms with Crippen molar-refractivity contribution in [2.75, 3.05) is 47.6 Å². The van der Waals surface area contributed by atoms with Gasteiger partial charge >= 0.3 is 24.0 Å². The molecule has 0 radical (unpaired) electrons. The number of carboxylic acids is 1. The number of para-hydroxylation sites is 1. The molecule has 12 nitrogen and oxygen atoms in total. The number of rotatable bonds is 10. The molecule has 3 aliphatic rings. The minimum absolute atomic E-state index is 0.0106. The smallest absolute Gasteiger partial charge is 0.341 e. The number of hydrogen-bond donors (Lipinski definition) is 2. The number of ether oxygens (including phenoxy) is 3. The van der Waals surface area contributed by atoms with Crippen LogP contribution in [0, 0.1) is 11.6 Å². The Kier molecular flexibility index (Phi) is 10.4. The average Bonchev–Trinajstić information content (AvgIpc) is 3.04. The van der Waals surface area contributed by atoms with E-state index in [4.69, 9.17) is 19.3 Å². The molecular weight excluding hydrogens is 618 g/mol. The summed E-state index contributed by atoms with van der Waals surface area (Å²) >= 11 is 0. The minimum Gasteiger partial charge on any atom is -0.482 e. The number of nitrogens with zero attached hydrogens (tertiary/aromatic N) is 3. The lowest BCUT2D eigenvalue weighted by molar-refractivity contribution is -0.139. The van der Waals surface area contributed by atoms with Gasteiger partial charge in [-0.3, -0.25) is 4.90 Å². The molecule has 2 aromatic carbocycles. The van der Waals surface area contributed by atoms with Crippen LogP contribution < -0.4 is 10.1 Å². The highest BCUT2D eigenvalue weighted by atomic mass is 19.2. The van der Waals surface area contributed by atoms with Crippen LogP contribution in [-0.2, 0) is 19.1 Å². The van der Waals surface area contributed by atoms with E-state index in [0.717, 1.165) is 55.4 Å². The molecule has 1 atom stereocenters. The van der Waals surface area contributed by atoms with Crippen LogP contribution in [-0.4, -0.2) is 103 Å². The predicted octanol–water partition coefficient (Wildman–Crippen LogP) is 4.03. The van der Waals surface area contributed by atoms with Crippen LogP contribution in [0.5, 0.6) is 5.75 Å². The van der Waals surface area contributed by atoms with Crippen LogP contribution in [0.2, 0.25) is 0 Å². The number of amides is 4. The van der Waals surface area contributed by atoms with Crippen molar-refractivity contribution in [3.63, 3.8) is 0 Å². The van der Waals surface area contributed by atoms with Gasteiger partial charge in [0, 0.05) is 33.3 Å². The maximum absolute atomic E-state index is 14.4. The Hall–Kier alpha value is -4.56. The number of esters is 1. The Morgan fingerprint density at radius 3 is 2.36 bits per heavy atom. The van der Waals surface area contributed by atoms with E-state index in [1.165, 1.54) is 18.1 Å². The standard InChI is InChI=1S/C33H38F2N4O8/c1-37(22-15-38(16-22)21-11-8-19(9-12-21)23-6-4-5-7-27(23)47-18-28(40)41)33(44)39-30(20-10-13-24(34)25(35)14-20)29(31(42)46-3)26(17-45-2)36-32(39)43/h4-7,10,13-14,19,21-22,30H,8-9,11-12,15-18H2,1-3H3,(H,36,43)(H,40,41)/t19?,21?,30-/m0/s1. The highest BCUT2D eigenvalue weighted by Gasteiger charge is 2.46. The Morgan fingerprint density at radius 2 is 1.72 bits per heavy atom. The molecule has 4 amide bonds. The first-order valence-corrected chi connectivity index (χ1v) is 15.3. The van der Waals surface area contributed by atoms with E-state index < -0.39 is 48.3 Å². The summed E-state index contributed by atoms with van der Waals surface area (Å²) in [5.41, 5.74) is 0.927. The van der Waals surface area contributed by atoms with Gasteiger partial charge < -0.3 is 29.5 Å². The monoisotopic (exact) mass is 656 g/mol. The molecule has 47 heavy (non-hydrogen) atoms. The number of hydrogen-bond acceptors (Lipinski definition) is 8. The number of halogens is 2. The lowest BCUT2D eigenvalue weighted by Crippen LogP contribution is -2.65. The molecule has 2 aliphatic heterocycles. The number of likely N-dealkylation sites (N-methyl/N-ethyl adjacent to an activating group) is 1. The molecule has 0 bridgehead atoms. The van der Waals surface area contributed by atoms with Crippen molar-refractivity contribution in [1.29, 1.82) is 0 Å². The first-order chi connectivity index (χ1) is 22.5. The number of benzene rings is 2. The highest BCUT2D eigenvalue weighted by Crippen LogP contribution is 2.41. The molecule has 1 saturated carbocycles. The quantitative estimate of drug-likeness (QED) is 0.363. The molecule has 14 heteroatoms. The van der Waals surface area contributed by atoms with Gasteiger partial charge in [-0.25, -0.2) is 32.9 Å². The summed E-state index contributed by atoms with van der Waals surface area (Å²) in [7, 11) is 4.06. The molecule has 2 N–H and O–H groups in total. The summed E-state index contributed by atoms with van der Waals surface area (Å²) in [5.74, 6) is -3.39. The number of carbonyl (C=O) groups excluding carboxylic acids is 3. The predicted molar refractivity (Wildman–Crippen MR) is 163 cm³/mol. The lowest BCUT2D eigenvalue weighted by atomic mass is 9.80. The average molecular weight is 657 g/mol. The number of urea groups is 2. The number of likely N-dealkylation sites (tertiary alicyclic amines) is 1. The third-order valence-electron chi connectivity index (χ3n) is 9.16. The summed E-state index contributed by atoms with van der Waals surface area (Å²) in [5, 5.41) is 11.6. The zero-order valence-corrected chi connectivity index (χ0v) is 26.4. The van der Waals surface area contributed by atoms with Crippen LogP contribution in [0.4, 0.5) is 18.4 Å². The summed E-state index contributed by atoms with van der Waals surface area (Å²) in [6.45, 7) is 0.531. The summed E-state index contributed by atoms with van der Waals surface area (Å²) < 4.78 is 43.9. The van der Waals surface area contributed by atoms with Gasteiger partial charge in [0.05, 0.1) is 31.0 Å². The van der Waals surface area contributed by atoms with Crippen LogP contribution in [0.3, 0.4) is 0 Å². The molecule has 0 spiro atoms. The van der Waals surface area contributed by atoms with Gasteiger partial charge in [0.2, 0.25) is 0 Å². The number of methoxy groups -OCH3 is 2. The second-order valence-electron chi connectivity index (χ2n) is 11.9. The second-order valence-corrected chi connectivity index (χ2v) is 11.9. The number of aliphatic carboxylic acids is 1. The van der Waals surface area contributed by atoms with Crippen molar-refractivity contribution in [2.24, 2.45) is 0 Å². The fourth-order valence-electron chi connectivity index (χ4n) is 6.66. The van der Waals surface area contributed by atoms with E-state index in [-0.39, 0.29) is 41.4 Å². The molecule has 1 aliphatic carbocycles. The van der Waals surface area contributed by atoms with E-state index in [1.54, 1.807) is 13.1 Å². The van der Waals surface area contributed by atoms with Gasteiger partial charge in [-0.1, -0.05) is 24.3 Å². The minimum atomic E-state index is -1.40. The van der Waals surface area contributed by atoms with Crippen LogP contribution >= 0.6 is 0 Å². The molecule has 252 valence electrons. The van der Waals surface area contributed by atoms with Gasteiger partial charge in [0.1, 0.15) is 11.8 Å². The fraction of sp³-hybridized carbons (Fsp3) is 0.455. The number of carboxylic acid groups (broad SMARTS) is 1. The Labute approximate surface area is 270 Å². The van der Waals surface area contributed by atoms with E-state index in [9.17, 15) is 28.0 Å². The molecule has 2 heterocycles. The van der Waals surface area contributed by atoms with E-state index in [0.29, 0.717) is 18.8 Å². The molecule has 1 saturated heterocycles. The van der Waals surface area contributed by atoms with Gasteiger partial charge in [0.15, 0.2) is 18.2 Å². The fourth-order valence-corrected chi connectivity index (χ4v) is 6.66. The molecular formula is C33H38F2N4O8. The zero-order chi connectivity index (χ0) is 33.8. The number of nitrogens with one attached hydrogen (secondary N) is 1. The van der Waals surface area contributed by atoms with Crippen molar-refractivity contribution >= 4 is 24.0 Å². The van der Waals surface area contributed by atoms with Crippen molar-refractivity contribution < 1.29 is 47.3 Å². The molecule has 0 aromatic heterocycles. The first kappa shape index (κ1) is 33.8. The second kappa shape index (κ2) is 14.5. The zero-order valence-electron chi connectivity index (χ0n) is 26.4. The van der Waals surface area contributed by atoms with Crippen LogP contribution in [0.25, 0.3) is 0 Å². The SMILES string of the molecule is COCC1=C(C(=O)OC)[C@H](c2ccc(F)c(F)c2)N(C(=O)N(C)C2CN(C3CCC(c4ccccc4OCC(=O)O)CC3)C2)C(=O)N1. The first-order valence-electron chi connectivity index (χ1n) is 15.3. The molecule has 2 aromatic rings. The van der Waals surface area contributed by atoms with Gasteiger partial charge in [0.25, 0.3) is 0 Å².